The monoisotopic (exact) mass is 443 g/mol. The second-order valence-electron chi connectivity index (χ2n) is 8.94. The van der Waals surface area contributed by atoms with Crippen molar-refractivity contribution in [3.05, 3.63) is 107 Å². The maximum Gasteiger partial charge on any atom is 0.303 e. The van der Waals surface area contributed by atoms with Crippen molar-refractivity contribution < 1.29 is 14.7 Å². The van der Waals surface area contributed by atoms with Crippen molar-refractivity contribution in [3.63, 3.8) is 0 Å². The molecule has 0 aliphatic heterocycles. The Balaban J connectivity index is 1.84. The van der Waals surface area contributed by atoms with Crippen LogP contribution in [0.4, 0.5) is 0 Å². The van der Waals surface area contributed by atoms with Crippen molar-refractivity contribution >= 4 is 11.9 Å². The van der Waals surface area contributed by atoms with Gasteiger partial charge < -0.3 is 10.4 Å². The van der Waals surface area contributed by atoms with E-state index in [4.69, 9.17) is 5.11 Å². The predicted octanol–water partition coefficient (Wildman–Crippen LogP) is 6.01. The molecule has 0 heterocycles. The molecule has 0 aromatic heterocycles. The average molecular weight is 444 g/mol. The van der Waals surface area contributed by atoms with Gasteiger partial charge in [0.05, 0.1) is 6.04 Å². The van der Waals surface area contributed by atoms with E-state index in [2.05, 4.69) is 31.3 Å². The molecule has 1 unspecified atom stereocenters. The molecule has 3 aromatic rings. The number of amides is 1. The molecular weight excluding hydrogens is 410 g/mol. The molecule has 0 saturated heterocycles. The lowest BCUT2D eigenvalue weighted by atomic mass is 9.94. The molecule has 0 fully saturated rings. The van der Waals surface area contributed by atoms with Crippen LogP contribution in [-0.2, 0) is 24.1 Å². The van der Waals surface area contributed by atoms with Crippen molar-refractivity contribution in [1.82, 2.24) is 5.32 Å². The fourth-order valence-electron chi connectivity index (χ4n) is 4.05. The number of aryl methyl sites for hydroxylation is 3. The molecule has 172 valence electrons. The summed E-state index contributed by atoms with van der Waals surface area (Å²) in [4.78, 5) is 24.6. The first-order valence-corrected chi connectivity index (χ1v) is 11.7. The molecule has 33 heavy (non-hydrogen) atoms. The molecule has 0 radical (unpaired) electrons. The van der Waals surface area contributed by atoms with E-state index in [9.17, 15) is 9.59 Å². The van der Waals surface area contributed by atoms with E-state index >= 15 is 0 Å². The maximum absolute atomic E-state index is 13.4. The number of carboxylic acid groups (broad SMARTS) is 1. The number of hydrogen-bond donors (Lipinski definition) is 2. The zero-order valence-corrected chi connectivity index (χ0v) is 19.5. The van der Waals surface area contributed by atoms with Crippen molar-refractivity contribution in [1.29, 1.82) is 0 Å². The molecular formula is C29H33NO3. The van der Waals surface area contributed by atoms with Crippen LogP contribution in [-0.4, -0.2) is 17.0 Å². The molecule has 0 aliphatic carbocycles. The Morgan fingerprint density at radius 2 is 1.45 bits per heavy atom. The number of rotatable bonds is 11. The van der Waals surface area contributed by atoms with Crippen molar-refractivity contribution in [2.45, 2.75) is 52.0 Å². The summed E-state index contributed by atoms with van der Waals surface area (Å²) in [5.74, 6) is -0.595. The number of carbonyl (C=O) groups excluding carboxylic acids is 1. The molecule has 1 atom stereocenters. The highest BCUT2D eigenvalue weighted by molar-refractivity contribution is 5.96. The van der Waals surface area contributed by atoms with Crippen LogP contribution in [0.25, 0.3) is 0 Å². The minimum atomic E-state index is -0.864. The van der Waals surface area contributed by atoms with Gasteiger partial charge in [0.15, 0.2) is 0 Å². The third-order valence-corrected chi connectivity index (χ3v) is 5.79. The Morgan fingerprint density at radius 1 is 0.818 bits per heavy atom. The Morgan fingerprint density at radius 3 is 2.09 bits per heavy atom. The highest BCUT2D eigenvalue weighted by Crippen LogP contribution is 2.23. The molecule has 1 amide bonds. The number of benzene rings is 3. The van der Waals surface area contributed by atoms with E-state index in [1.165, 1.54) is 5.56 Å². The Kier molecular flexibility index (Phi) is 8.82. The normalized spacial score (nSPS) is 11.8. The first-order valence-electron chi connectivity index (χ1n) is 11.7. The van der Waals surface area contributed by atoms with Crippen LogP contribution in [0.15, 0.2) is 78.9 Å². The van der Waals surface area contributed by atoms with E-state index in [1.807, 2.05) is 66.7 Å². The van der Waals surface area contributed by atoms with Gasteiger partial charge in [0.1, 0.15) is 0 Å². The van der Waals surface area contributed by atoms with E-state index < -0.39 is 5.97 Å². The fraction of sp³-hybridized carbons (Fsp3) is 0.310. The molecule has 4 heteroatoms. The van der Waals surface area contributed by atoms with Gasteiger partial charge in [-0.15, -0.1) is 0 Å². The van der Waals surface area contributed by atoms with Crippen molar-refractivity contribution in [2.24, 2.45) is 5.92 Å². The van der Waals surface area contributed by atoms with E-state index in [0.29, 0.717) is 17.9 Å². The fourth-order valence-corrected chi connectivity index (χ4v) is 4.05. The van der Waals surface area contributed by atoms with Crippen LogP contribution in [0.2, 0.25) is 0 Å². The largest absolute Gasteiger partial charge is 0.481 e. The van der Waals surface area contributed by atoms with Gasteiger partial charge >= 0.3 is 5.97 Å². The van der Waals surface area contributed by atoms with Gasteiger partial charge in [-0.05, 0) is 59.9 Å². The van der Waals surface area contributed by atoms with Gasteiger partial charge in [-0.3, -0.25) is 9.59 Å². The lowest BCUT2D eigenvalue weighted by molar-refractivity contribution is -0.136. The highest BCUT2D eigenvalue weighted by atomic mass is 16.4. The van der Waals surface area contributed by atoms with Crippen molar-refractivity contribution in [2.75, 3.05) is 0 Å². The van der Waals surface area contributed by atoms with E-state index in [1.54, 1.807) is 0 Å². The van der Waals surface area contributed by atoms with Crippen LogP contribution in [0.1, 0.15) is 65.3 Å². The molecule has 0 aliphatic rings. The smallest absolute Gasteiger partial charge is 0.303 e. The quantitative estimate of drug-likeness (QED) is 0.382. The lowest BCUT2D eigenvalue weighted by Gasteiger charge is -2.22. The third-order valence-electron chi connectivity index (χ3n) is 5.79. The highest BCUT2D eigenvalue weighted by Gasteiger charge is 2.20. The minimum absolute atomic E-state index is 0.00223. The first-order chi connectivity index (χ1) is 15.9. The first kappa shape index (κ1) is 24.2. The summed E-state index contributed by atoms with van der Waals surface area (Å²) >= 11 is 0. The Bertz CT molecular complexity index is 1040. The van der Waals surface area contributed by atoms with Gasteiger partial charge in [0.2, 0.25) is 0 Å². The van der Waals surface area contributed by atoms with Crippen LogP contribution in [0.5, 0.6) is 0 Å². The van der Waals surface area contributed by atoms with Gasteiger partial charge in [0.25, 0.3) is 5.91 Å². The third kappa shape index (κ3) is 7.60. The number of nitrogens with one attached hydrogen (secondary N) is 1. The molecule has 2 N–H and O–H groups in total. The molecule has 3 aromatic carbocycles. The van der Waals surface area contributed by atoms with Gasteiger partial charge in [0, 0.05) is 12.0 Å². The number of carbonyl (C=O) groups is 2. The standard InChI is InChI=1S/C29H33NO3/c1-21(2)19-27(25-11-7-4-8-12-25)30-29(33)26-20-23(14-13-22-9-5-3-6-10-22)15-16-24(26)17-18-28(31)32/h3-12,15-16,20-21,27H,13-14,17-19H2,1-2H3,(H,30,33)(H,31,32). The van der Waals surface area contributed by atoms with Gasteiger partial charge in [-0.2, -0.15) is 0 Å². The summed E-state index contributed by atoms with van der Waals surface area (Å²) in [7, 11) is 0. The summed E-state index contributed by atoms with van der Waals surface area (Å²) in [5.41, 5.74) is 4.75. The Hall–Kier alpha value is -3.40. The van der Waals surface area contributed by atoms with E-state index in [0.717, 1.165) is 36.0 Å². The second-order valence-corrected chi connectivity index (χ2v) is 8.94. The summed E-state index contributed by atoms with van der Waals surface area (Å²) in [6.45, 7) is 4.29. The molecule has 0 spiro atoms. The van der Waals surface area contributed by atoms with E-state index in [-0.39, 0.29) is 18.4 Å². The Labute approximate surface area is 196 Å². The van der Waals surface area contributed by atoms with Crippen LogP contribution in [0.3, 0.4) is 0 Å². The average Bonchev–Trinajstić information content (AvgIpc) is 2.82. The van der Waals surface area contributed by atoms with Crippen LogP contribution >= 0.6 is 0 Å². The molecule has 3 rings (SSSR count). The van der Waals surface area contributed by atoms with Crippen LogP contribution in [0, 0.1) is 5.92 Å². The number of hydrogen-bond acceptors (Lipinski definition) is 2. The summed E-state index contributed by atoms with van der Waals surface area (Å²) in [5, 5.41) is 12.4. The summed E-state index contributed by atoms with van der Waals surface area (Å²) < 4.78 is 0. The molecule has 4 nitrogen and oxygen atoms in total. The second kappa shape index (κ2) is 12.0. The maximum atomic E-state index is 13.4. The minimum Gasteiger partial charge on any atom is -0.481 e. The SMILES string of the molecule is CC(C)CC(NC(=O)c1cc(CCc2ccccc2)ccc1CCC(=O)O)c1ccccc1. The topological polar surface area (TPSA) is 66.4 Å². The number of aliphatic carboxylic acids is 1. The van der Waals surface area contributed by atoms with Crippen molar-refractivity contribution in [3.8, 4) is 0 Å². The summed E-state index contributed by atoms with van der Waals surface area (Å²) in [6, 6.07) is 26.0. The molecule has 0 bridgehead atoms. The van der Waals surface area contributed by atoms with Gasteiger partial charge in [-0.25, -0.2) is 0 Å². The predicted molar refractivity (Wildman–Crippen MR) is 132 cm³/mol. The lowest BCUT2D eigenvalue weighted by Crippen LogP contribution is -2.30. The zero-order chi connectivity index (χ0) is 23.6. The van der Waals surface area contributed by atoms with Gasteiger partial charge in [-0.1, -0.05) is 86.6 Å². The summed E-state index contributed by atoms with van der Waals surface area (Å²) in [6.07, 6.45) is 2.86. The number of carboxylic acids is 1. The zero-order valence-electron chi connectivity index (χ0n) is 19.5. The molecule has 0 saturated carbocycles. The van der Waals surface area contributed by atoms with Crippen LogP contribution < -0.4 is 5.32 Å².